The zero-order valence-corrected chi connectivity index (χ0v) is 16.7. The second-order valence-corrected chi connectivity index (χ2v) is 7.23. The summed E-state index contributed by atoms with van der Waals surface area (Å²) in [7, 11) is 0. The standard InChI is InChI=1S/C21H20N6O4/c22-9-14-3-4-18(23-10-14)25-21(30)27-5-1-2-15-8-16(17(12-28)24-20(15)27)11-26-6-7-31-13-19(26)29/h3-4,8,10,12H,1-2,5-7,11,13H2,(H,23,25,30). The number of aldehydes is 1. The number of ether oxygens (including phenoxy) is 1. The molecule has 10 nitrogen and oxygen atoms in total. The molecule has 2 aromatic rings. The Bertz CT molecular complexity index is 1060. The Balaban J connectivity index is 1.57. The van der Waals surface area contributed by atoms with Crippen LogP contribution in [0.1, 0.15) is 33.6 Å². The number of morpholine rings is 1. The van der Waals surface area contributed by atoms with Crippen LogP contribution in [0, 0.1) is 11.3 Å². The highest BCUT2D eigenvalue weighted by atomic mass is 16.5. The highest BCUT2D eigenvalue weighted by Gasteiger charge is 2.27. The minimum absolute atomic E-state index is 0.0339. The van der Waals surface area contributed by atoms with Crippen LogP contribution in [0.3, 0.4) is 0 Å². The van der Waals surface area contributed by atoms with Crippen LogP contribution in [0.25, 0.3) is 0 Å². The van der Waals surface area contributed by atoms with E-state index in [-0.39, 0.29) is 24.8 Å². The van der Waals surface area contributed by atoms with Crippen molar-refractivity contribution in [2.24, 2.45) is 0 Å². The van der Waals surface area contributed by atoms with Crippen molar-refractivity contribution in [2.45, 2.75) is 19.4 Å². The summed E-state index contributed by atoms with van der Waals surface area (Å²) in [5.41, 5.74) is 2.09. The zero-order valence-electron chi connectivity index (χ0n) is 16.7. The van der Waals surface area contributed by atoms with E-state index >= 15 is 0 Å². The van der Waals surface area contributed by atoms with Crippen LogP contribution in [-0.2, 0) is 22.5 Å². The number of carbonyl (C=O) groups is 3. The molecule has 0 spiro atoms. The van der Waals surface area contributed by atoms with Gasteiger partial charge in [0.05, 0.1) is 12.2 Å². The Kier molecular flexibility index (Phi) is 5.86. The number of nitrogens with zero attached hydrogens (tertiary/aromatic N) is 5. The molecule has 31 heavy (non-hydrogen) atoms. The van der Waals surface area contributed by atoms with Gasteiger partial charge >= 0.3 is 6.03 Å². The fourth-order valence-electron chi connectivity index (χ4n) is 3.62. The van der Waals surface area contributed by atoms with Crippen molar-refractivity contribution in [3.63, 3.8) is 0 Å². The first-order valence-electron chi connectivity index (χ1n) is 9.87. The summed E-state index contributed by atoms with van der Waals surface area (Å²) in [5, 5.41) is 11.6. The fourth-order valence-corrected chi connectivity index (χ4v) is 3.62. The number of carbonyl (C=O) groups excluding carboxylic acids is 3. The first kappa shape index (κ1) is 20.4. The number of fused-ring (bicyclic) bond motifs is 1. The molecule has 0 unspecified atom stereocenters. The monoisotopic (exact) mass is 420 g/mol. The van der Waals surface area contributed by atoms with Gasteiger partial charge in [-0.3, -0.25) is 19.8 Å². The summed E-state index contributed by atoms with van der Waals surface area (Å²) in [6.07, 6.45) is 3.47. The third kappa shape index (κ3) is 4.36. The van der Waals surface area contributed by atoms with E-state index in [2.05, 4.69) is 15.3 Å². The van der Waals surface area contributed by atoms with Crippen LogP contribution < -0.4 is 10.2 Å². The average Bonchev–Trinajstić information content (AvgIpc) is 2.80. The van der Waals surface area contributed by atoms with Gasteiger partial charge < -0.3 is 9.64 Å². The predicted octanol–water partition coefficient (Wildman–Crippen LogP) is 1.50. The fraction of sp³-hybridized carbons (Fsp3) is 0.333. The molecule has 0 aliphatic carbocycles. The number of aromatic nitrogens is 2. The summed E-state index contributed by atoms with van der Waals surface area (Å²) >= 11 is 0. The Hall–Kier alpha value is -3.84. The molecule has 2 aromatic heterocycles. The zero-order chi connectivity index (χ0) is 21.8. The minimum Gasteiger partial charge on any atom is -0.370 e. The first-order chi connectivity index (χ1) is 15.1. The molecule has 3 amide bonds. The summed E-state index contributed by atoms with van der Waals surface area (Å²) in [5.74, 6) is 0.613. The normalized spacial score (nSPS) is 15.8. The highest BCUT2D eigenvalue weighted by molar-refractivity contribution is 6.01. The molecule has 1 saturated heterocycles. The number of amides is 3. The first-order valence-corrected chi connectivity index (χ1v) is 9.87. The number of nitriles is 1. The Morgan fingerprint density at radius 2 is 2.23 bits per heavy atom. The van der Waals surface area contributed by atoms with E-state index in [1.54, 1.807) is 17.0 Å². The maximum atomic E-state index is 12.8. The van der Waals surface area contributed by atoms with Gasteiger partial charge in [0.1, 0.15) is 30.0 Å². The Morgan fingerprint density at radius 1 is 1.35 bits per heavy atom. The number of urea groups is 1. The highest BCUT2D eigenvalue weighted by Crippen LogP contribution is 2.28. The van der Waals surface area contributed by atoms with Crippen LogP contribution in [0.5, 0.6) is 0 Å². The van der Waals surface area contributed by atoms with Crippen LogP contribution in [-0.4, -0.2) is 59.4 Å². The third-order valence-electron chi connectivity index (χ3n) is 5.20. The Labute approximate surface area is 178 Å². The van der Waals surface area contributed by atoms with Gasteiger partial charge in [-0.25, -0.2) is 14.8 Å². The quantitative estimate of drug-likeness (QED) is 0.742. The van der Waals surface area contributed by atoms with E-state index in [1.807, 2.05) is 12.1 Å². The lowest BCUT2D eigenvalue weighted by molar-refractivity contribution is -0.143. The van der Waals surface area contributed by atoms with Crippen molar-refractivity contribution in [3.8, 4) is 6.07 Å². The largest absolute Gasteiger partial charge is 0.370 e. The van der Waals surface area contributed by atoms with Gasteiger partial charge in [0, 0.05) is 31.4 Å². The summed E-state index contributed by atoms with van der Waals surface area (Å²) in [6, 6.07) is 6.52. The lowest BCUT2D eigenvalue weighted by Gasteiger charge is -2.30. The van der Waals surface area contributed by atoms with E-state index in [0.29, 0.717) is 55.2 Å². The second kappa shape index (κ2) is 8.89. The molecule has 0 saturated carbocycles. The van der Waals surface area contributed by atoms with Gasteiger partial charge in [0.2, 0.25) is 5.91 Å². The van der Waals surface area contributed by atoms with Crippen molar-refractivity contribution in [2.75, 3.05) is 36.5 Å². The second-order valence-electron chi connectivity index (χ2n) is 7.23. The van der Waals surface area contributed by atoms with E-state index in [0.717, 1.165) is 12.0 Å². The van der Waals surface area contributed by atoms with E-state index in [9.17, 15) is 14.4 Å². The number of pyridine rings is 2. The van der Waals surface area contributed by atoms with Gasteiger partial charge in [-0.2, -0.15) is 5.26 Å². The predicted molar refractivity (Wildman–Crippen MR) is 109 cm³/mol. The summed E-state index contributed by atoms with van der Waals surface area (Å²) in [6.45, 7) is 1.67. The third-order valence-corrected chi connectivity index (χ3v) is 5.20. The van der Waals surface area contributed by atoms with E-state index in [4.69, 9.17) is 10.00 Å². The molecule has 0 radical (unpaired) electrons. The molecule has 1 N–H and O–H groups in total. The lowest BCUT2D eigenvalue weighted by atomic mass is 10.0. The molecule has 0 aromatic carbocycles. The van der Waals surface area contributed by atoms with Gasteiger partial charge in [-0.1, -0.05) is 0 Å². The molecule has 4 rings (SSSR count). The van der Waals surface area contributed by atoms with Crippen molar-refractivity contribution in [1.82, 2.24) is 14.9 Å². The number of nitrogens with one attached hydrogen (secondary N) is 1. The number of rotatable bonds is 4. The topological polar surface area (TPSA) is 129 Å². The minimum atomic E-state index is -0.418. The maximum absolute atomic E-state index is 12.8. The van der Waals surface area contributed by atoms with E-state index in [1.165, 1.54) is 11.1 Å². The van der Waals surface area contributed by atoms with Crippen molar-refractivity contribution in [3.05, 3.63) is 46.8 Å². The average molecular weight is 420 g/mol. The molecule has 0 atom stereocenters. The molecule has 158 valence electrons. The van der Waals surface area contributed by atoms with Crippen molar-refractivity contribution < 1.29 is 19.1 Å². The lowest BCUT2D eigenvalue weighted by Crippen LogP contribution is -2.42. The molecule has 4 heterocycles. The van der Waals surface area contributed by atoms with E-state index < -0.39 is 6.03 Å². The number of hydrogen-bond acceptors (Lipinski definition) is 7. The summed E-state index contributed by atoms with van der Waals surface area (Å²) < 4.78 is 5.15. The molecular weight excluding hydrogens is 400 g/mol. The molecule has 1 fully saturated rings. The SMILES string of the molecule is N#Cc1ccc(NC(=O)N2CCCc3cc(CN4CCOCC4=O)c(C=O)nc32)nc1. The number of anilines is 2. The van der Waals surface area contributed by atoms with Gasteiger partial charge in [0.15, 0.2) is 6.29 Å². The van der Waals surface area contributed by atoms with Gasteiger partial charge in [-0.15, -0.1) is 0 Å². The molecule has 2 aliphatic heterocycles. The molecule has 2 aliphatic rings. The molecule has 0 bridgehead atoms. The maximum Gasteiger partial charge on any atom is 0.328 e. The van der Waals surface area contributed by atoms with Crippen LogP contribution in [0.4, 0.5) is 16.4 Å². The Morgan fingerprint density at radius 3 is 2.94 bits per heavy atom. The van der Waals surface area contributed by atoms with Crippen molar-refractivity contribution >= 4 is 29.9 Å². The van der Waals surface area contributed by atoms with Crippen molar-refractivity contribution in [1.29, 1.82) is 5.26 Å². The van der Waals surface area contributed by atoms with Gasteiger partial charge in [0.25, 0.3) is 0 Å². The van der Waals surface area contributed by atoms with Crippen LogP contribution in [0.15, 0.2) is 24.4 Å². The summed E-state index contributed by atoms with van der Waals surface area (Å²) in [4.78, 5) is 48.2. The number of hydrogen-bond donors (Lipinski definition) is 1. The van der Waals surface area contributed by atoms with Crippen LogP contribution >= 0.6 is 0 Å². The van der Waals surface area contributed by atoms with Gasteiger partial charge in [-0.05, 0) is 36.6 Å². The molecule has 10 heteroatoms. The number of aryl methyl sites for hydroxylation is 1. The van der Waals surface area contributed by atoms with Crippen LogP contribution in [0.2, 0.25) is 0 Å². The smallest absolute Gasteiger partial charge is 0.328 e. The molecular formula is C21H20N6O4.